The van der Waals surface area contributed by atoms with Crippen LogP contribution in [0.4, 0.5) is 14.5 Å². The Morgan fingerprint density at radius 2 is 1.93 bits per heavy atom. The van der Waals surface area contributed by atoms with Crippen LogP contribution in [0.15, 0.2) is 18.2 Å². The van der Waals surface area contributed by atoms with Crippen LogP contribution in [0.1, 0.15) is 6.42 Å². The van der Waals surface area contributed by atoms with Crippen LogP contribution in [0.3, 0.4) is 0 Å². The van der Waals surface area contributed by atoms with E-state index in [4.69, 9.17) is 0 Å². The first kappa shape index (κ1) is 11.9. The monoisotopic (exact) mass is 214 g/mol. The lowest BCUT2D eigenvalue weighted by molar-refractivity contribution is 0.405. The highest BCUT2D eigenvalue weighted by atomic mass is 19.2. The lowest BCUT2D eigenvalue weighted by Crippen LogP contribution is -2.16. The number of hydrogen-bond donors (Lipinski definition) is 1. The molecule has 0 unspecified atom stereocenters. The molecule has 1 N–H and O–H groups in total. The maximum Gasteiger partial charge on any atom is 0.160 e. The molecule has 84 valence electrons. The van der Waals surface area contributed by atoms with Crippen LogP contribution in [0.25, 0.3) is 0 Å². The summed E-state index contributed by atoms with van der Waals surface area (Å²) in [5.41, 5.74) is 0.618. The second kappa shape index (κ2) is 5.66. The van der Waals surface area contributed by atoms with Crippen molar-refractivity contribution in [1.29, 1.82) is 0 Å². The SMILES string of the molecule is CN(C)CCCNc1ccc(F)c(F)c1. The number of benzene rings is 1. The molecule has 1 rings (SSSR count). The molecule has 0 aliphatic heterocycles. The third kappa shape index (κ3) is 4.25. The minimum absolute atomic E-state index is 0.618. The zero-order valence-corrected chi connectivity index (χ0v) is 9.06. The Morgan fingerprint density at radius 1 is 1.20 bits per heavy atom. The zero-order chi connectivity index (χ0) is 11.3. The molecule has 0 aromatic heterocycles. The zero-order valence-electron chi connectivity index (χ0n) is 9.06. The highest BCUT2D eigenvalue weighted by molar-refractivity contribution is 5.43. The molecular weight excluding hydrogens is 198 g/mol. The van der Waals surface area contributed by atoms with Gasteiger partial charge in [0.1, 0.15) is 0 Å². The highest BCUT2D eigenvalue weighted by Gasteiger charge is 2.01. The van der Waals surface area contributed by atoms with Crippen LogP contribution in [-0.4, -0.2) is 32.1 Å². The molecule has 1 aromatic carbocycles. The molecule has 0 aliphatic rings. The summed E-state index contributed by atoms with van der Waals surface area (Å²) in [5.74, 6) is -1.62. The number of nitrogens with zero attached hydrogens (tertiary/aromatic N) is 1. The predicted molar refractivity (Wildman–Crippen MR) is 58.0 cm³/mol. The number of hydrogen-bond acceptors (Lipinski definition) is 2. The van der Waals surface area contributed by atoms with Crippen LogP contribution in [0, 0.1) is 11.6 Å². The molecule has 0 atom stereocenters. The lowest BCUT2D eigenvalue weighted by Gasteiger charge is -2.10. The van der Waals surface area contributed by atoms with E-state index in [9.17, 15) is 8.78 Å². The van der Waals surface area contributed by atoms with Crippen molar-refractivity contribution in [2.45, 2.75) is 6.42 Å². The fourth-order valence-corrected chi connectivity index (χ4v) is 1.23. The van der Waals surface area contributed by atoms with Gasteiger partial charge in [-0.2, -0.15) is 0 Å². The second-order valence-electron chi connectivity index (χ2n) is 3.71. The minimum atomic E-state index is -0.812. The van der Waals surface area contributed by atoms with Crippen molar-refractivity contribution in [3.63, 3.8) is 0 Å². The smallest absolute Gasteiger partial charge is 0.160 e. The molecule has 0 spiro atoms. The summed E-state index contributed by atoms with van der Waals surface area (Å²) in [6.07, 6.45) is 0.964. The van der Waals surface area contributed by atoms with E-state index < -0.39 is 11.6 Å². The molecule has 0 saturated carbocycles. The highest BCUT2D eigenvalue weighted by Crippen LogP contribution is 2.12. The Kier molecular flexibility index (Phi) is 4.49. The second-order valence-corrected chi connectivity index (χ2v) is 3.71. The number of halogens is 2. The van der Waals surface area contributed by atoms with Gasteiger partial charge >= 0.3 is 0 Å². The summed E-state index contributed by atoms with van der Waals surface area (Å²) in [6.45, 7) is 1.72. The molecule has 0 heterocycles. The largest absolute Gasteiger partial charge is 0.385 e. The normalized spacial score (nSPS) is 10.7. The van der Waals surface area contributed by atoms with Gasteiger partial charge in [0.2, 0.25) is 0 Å². The van der Waals surface area contributed by atoms with Crippen molar-refractivity contribution >= 4 is 5.69 Å². The molecule has 0 fully saturated rings. The summed E-state index contributed by atoms with van der Waals surface area (Å²) >= 11 is 0. The first-order valence-corrected chi connectivity index (χ1v) is 4.93. The van der Waals surface area contributed by atoms with Crippen molar-refractivity contribution < 1.29 is 8.78 Å². The van der Waals surface area contributed by atoms with Gasteiger partial charge in [-0.15, -0.1) is 0 Å². The average Bonchev–Trinajstić information content (AvgIpc) is 2.18. The molecule has 0 amide bonds. The predicted octanol–water partition coefficient (Wildman–Crippen LogP) is 2.33. The van der Waals surface area contributed by atoms with Gasteiger partial charge in [-0.25, -0.2) is 8.78 Å². The molecule has 2 nitrogen and oxygen atoms in total. The standard InChI is InChI=1S/C11H16F2N2/c1-15(2)7-3-6-14-9-4-5-10(12)11(13)8-9/h4-5,8,14H,3,6-7H2,1-2H3. The summed E-state index contributed by atoms with van der Waals surface area (Å²) in [7, 11) is 4.00. The third-order valence-corrected chi connectivity index (χ3v) is 2.03. The van der Waals surface area contributed by atoms with Gasteiger partial charge in [-0.1, -0.05) is 0 Å². The fraction of sp³-hybridized carbons (Fsp3) is 0.455. The van der Waals surface area contributed by atoms with Gasteiger partial charge in [0.25, 0.3) is 0 Å². The lowest BCUT2D eigenvalue weighted by atomic mass is 10.3. The van der Waals surface area contributed by atoms with Crippen molar-refractivity contribution in [1.82, 2.24) is 4.90 Å². The molecule has 15 heavy (non-hydrogen) atoms. The molecule has 0 saturated heterocycles. The average molecular weight is 214 g/mol. The Balaban J connectivity index is 2.35. The summed E-state index contributed by atoms with van der Waals surface area (Å²) in [4.78, 5) is 2.08. The quantitative estimate of drug-likeness (QED) is 0.757. The molecule has 1 aromatic rings. The van der Waals surface area contributed by atoms with Crippen molar-refractivity contribution in [3.8, 4) is 0 Å². The van der Waals surface area contributed by atoms with Crippen LogP contribution >= 0.6 is 0 Å². The van der Waals surface area contributed by atoms with E-state index in [1.807, 2.05) is 14.1 Å². The Bertz CT molecular complexity index is 313. The van der Waals surface area contributed by atoms with Crippen molar-refractivity contribution in [3.05, 3.63) is 29.8 Å². The molecule has 4 heteroatoms. The van der Waals surface area contributed by atoms with E-state index in [2.05, 4.69) is 10.2 Å². The van der Waals surface area contributed by atoms with E-state index in [1.54, 1.807) is 0 Å². The fourth-order valence-electron chi connectivity index (χ4n) is 1.23. The Hall–Kier alpha value is -1.16. The van der Waals surface area contributed by atoms with Gasteiger partial charge in [0.15, 0.2) is 11.6 Å². The molecule has 0 radical (unpaired) electrons. The van der Waals surface area contributed by atoms with Gasteiger partial charge in [0, 0.05) is 12.2 Å². The first-order chi connectivity index (χ1) is 7.09. The van der Waals surface area contributed by atoms with E-state index in [-0.39, 0.29) is 0 Å². The van der Waals surface area contributed by atoms with Crippen molar-refractivity contribution in [2.75, 3.05) is 32.5 Å². The summed E-state index contributed by atoms with van der Waals surface area (Å²) in [6, 6.07) is 3.84. The van der Waals surface area contributed by atoms with Crippen LogP contribution in [-0.2, 0) is 0 Å². The molecular formula is C11H16F2N2. The number of rotatable bonds is 5. The van der Waals surface area contributed by atoms with E-state index in [0.29, 0.717) is 5.69 Å². The first-order valence-electron chi connectivity index (χ1n) is 4.93. The Morgan fingerprint density at radius 3 is 2.53 bits per heavy atom. The minimum Gasteiger partial charge on any atom is -0.385 e. The molecule has 0 bridgehead atoms. The van der Waals surface area contributed by atoms with E-state index in [0.717, 1.165) is 25.6 Å². The van der Waals surface area contributed by atoms with Crippen LogP contribution in [0.5, 0.6) is 0 Å². The number of anilines is 1. The van der Waals surface area contributed by atoms with Gasteiger partial charge < -0.3 is 10.2 Å². The third-order valence-electron chi connectivity index (χ3n) is 2.03. The Labute approximate surface area is 88.9 Å². The summed E-state index contributed by atoms with van der Waals surface area (Å²) < 4.78 is 25.4. The maximum absolute atomic E-state index is 12.8. The van der Waals surface area contributed by atoms with Crippen LogP contribution < -0.4 is 5.32 Å². The van der Waals surface area contributed by atoms with E-state index in [1.165, 1.54) is 12.1 Å². The summed E-state index contributed by atoms with van der Waals surface area (Å²) in [5, 5.41) is 3.03. The van der Waals surface area contributed by atoms with Gasteiger partial charge in [-0.3, -0.25) is 0 Å². The topological polar surface area (TPSA) is 15.3 Å². The van der Waals surface area contributed by atoms with Crippen LogP contribution in [0.2, 0.25) is 0 Å². The van der Waals surface area contributed by atoms with E-state index >= 15 is 0 Å². The molecule has 0 aliphatic carbocycles. The van der Waals surface area contributed by atoms with Crippen molar-refractivity contribution in [2.24, 2.45) is 0 Å². The van der Waals surface area contributed by atoms with Gasteiger partial charge in [0.05, 0.1) is 0 Å². The number of nitrogens with one attached hydrogen (secondary N) is 1. The van der Waals surface area contributed by atoms with Gasteiger partial charge in [-0.05, 0) is 45.3 Å². The maximum atomic E-state index is 12.8.